The van der Waals surface area contributed by atoms with Crippen molar-refractivity contribution in [2.75, 3.05) is 6.54 Å². The summed E-state index contributed by atoms with van der Waals surface area (Å²) in [7, 11) is 0. The zero-order chi connectivity index (χ0) is 14.6. The van der Waals surface area contributed by atoms with Crippen molar-refractivity contribution in [2.24, 2.45) is 0 Å². The van der Waals surface area contributed by atoms with Crippen molar-refractivity contribution in [1.29, 1.82) is 0 Å². The second-order valence-corrected chi connectivity index (χ2v) is 4.20. The van der Waals surface area contributed by atoms with E-state index in [-0.39, 0.29) is 19.0 Å². The number of amides is 1. The molecule has 1 aromatic heterocycles. The maximum absolute atomic E-state index is 13.5. The molecule has 0 aliphatic heterocycles. The number of hydrogen-bond donors (Lipinski definition) is 1. The van der Waals surface area contributed by atoms with Crippen LogP contribution in [0.3, 0.4) is 0 Å². The van der Waals surface area contributed by atoms with Crippen LogP contribution in [0.4, 0.5) is 8.78 Å². The van der Waals surface area contributed by atoms with Crippen LogP contribution in [0.2, 0.25) is 0 Å². The predicted molar refractivity (Wildman–Crippen MR) is 62.6 cm³/mol. The van der Waals surface area contributed by atoms with Crippen molar-refractivity contribution in [3.63, 3.8) is 0 Å². The van der Waals surface area contributed by atoms with Gasteiger partial charge in [0.15, 0.2) is 5.82 Å². The van der Waals surface area contributed by atoms with Crippen molar-refractivity contribution in [3.8, 4) is 0 Å². The lowest BCUT2D eigenvalue weighted by molar-refractivity contribution is -0.137. The van der Waals surface area contributed by atoms with Gasteiger partial charge >= 0.3 is 5.97 Å². The van der Waals surface area contributed by atoms with Crippen molar-refractivity contribution < 1.29 is 23.5 Å². The molecule has 0 spiro atoms. The van der Waals surface area contributed by atoms with Gasteiger partial charge in [0.25, 0.3) is 5.91 Å². The minimum Gasteiger partial charge on any atom is -0.481 e. The Balaban J connectivity index is 2.99. The molecule has 1 amide bonds. The second-order valence-electron chi connectivity index (χ2n) is 4.20. The summed E-state index contributed by atoms with van der Waals surface area (Å²) in [6, 6.07) is 0.735. The van der Waals surface area contributed by atoms with Crippen LogP contribution in [-0.4, -0.2) is 39.5 Å². The zero-order valence-electron chi connectivity index (χ0n) is 10.6. The van der Waals surface area contributed by atoms with E-state index in [2.05, 4.69) is 4.98 Å². The Kier molecular flexibility index (Phi) is 4.91. The van der Waals surface area contributed by atoms with Crippen LogP contribution in [0.1, 0.15) is 30.6 Å². The summed E-state index contributed by atoms with van der Waals surface area (Å²) in [6.45, 7) is 3.25. The molecule has 0 aliphatic rings. The SMILES string of the molecule is CC(C)N(CCC(=O)O)C(=O)c1ccnc(F)c1F. The first kappa shape index (κ1) is 15.0. The van der Waals surface area contributed by atoms with Crippen LogP contribution in [0.15, 0.2) is 12.3 Å². The fourth-order valence-electron chi connectivity index (χ4n) is 1.55. The van der Waals surface area contributed by atoms with Gasteiger partial charge in [0.2, 0.25) is 5.95 Å². The summed E-state index contributed by atoms with van der Waals surface area (Å²) in [5, 5.41) is 8.61. The van der Waals surface area contributed by atoms with Crippen LogP contribution >= 0.6 is 0 Å². The lowest BCUT2D eigenvalue weighted by atomic mass is 10.2. The van der Waals surface area contributed by atoms with Gasteiger partial charge in [-0.15, -0.1) is 0 Å². The summed E-state index contributed by atoms with van der Waals surface area (Å²) in [6.07, 6.45) is 0.723. The molecule has 1 N–H and O–H groups in total. The Morgan fingerprint density at radius 3 is 2.58 bits per heavy atom. The van der Waals surface area contributed by atoms with Crippen molar-refractivity contribution in [2.45, 2.75) is 26.3 Å². The Hall–Kier alpha value is -2.05. The molecule has 1 heterocycles. The molecule has 0 fully saturated rings. The number of carbonyl (C=O) groups is 2. The van der Waals surface area contributed by atoms with Crippen LogP contribution in [0, 0.1) is 11.8 Å². The Morgan fingerprint density at radius 1 is 1.42 bits per heavy atom. The number of carbonyl (C=O) groups excluding carboxylic acids is 1. The molecular weight excluding hydrogens is 258 g/mol. The van der Waals surface area contributed by atoms with Crippen LogP contribution in [-0.2, 0) is 4.79 Å². The number of carboxylic acids is 1. The molecule has 0 atom stereocenters. The van der Waals surface area contributed by atoms with Crippen molar-refractivity contribution >= 4 is 11.9 Å². The quantitative estimate of drug-likeness (QED) is 0.828. The van der Waals surface area contributed by atoms with E-state index in [4.69, 9.17) is 5.11 Å². The monoisotopic (exact) mass is 272 g/mol. The minimum atomic E-state index is -1.35. The van der Waals surface area contributed by atoms with Gasteiger partial charge in [0.05, 0.1) is 12.0 Å². The van der Waals surface area contributed by atoms with Gasteiger partial charge in [-0.05, 0) is 19.9 Å². The number of carboxylic acid groups (broad SMARTS) is 1. The number of aliphatic carboxylic acids is 1. The Labute approximate surface area is 108 Å². The molecule has 1 rings (SSSR count). The summed E-state index contributed by atoms with van der Waals surface area (Å²) in [5.74, 6) is -4.50. The third-order valence-electron chi connectivity index (χ3n) is 2.53. The van der Waals surface area contributed by atoms with E-state index in [1.54, 1.807) is 13.8 Å². The summed E-state index contributed by atoms with van der Waals surface area (Å²) in [4.78, 5) is 26.9. The molecule has 0 bridgehead atoms. The highest BCUT2D eigenvalue weighted by atomic mass is 19.2. The van der Waals surface area contributed by atoms with E-state index >= 15 is 0 Å². The average molecular weight is 272 g/mol. The average Bonchev–Trinajstić information content (AvgIpc) is 2.31. The van der Waals surface area contributed by atoms with Gasteiger partial charge < -0.3 is 10.0 Å². The normalized spacial score (nSPS) is 10.6. The smallest absolute Gasteiger partial charge is 0.305 e. The number of pyridine rings is 1. The molecule has 0 saturated heterocycles. The molecule has 0 aromatic carbocycles. The largest absolute Gasteiger partial charge is 0.481 e. The van der Waals surface area contributed by atoms with Crippen molar-refractivity contribution in [1.82, 2.24) is 9.88 Å². The molecular formula is C12H14F2N2O3. The fourth-order valence-corrected chi connectivity index (χ4v) is 1.55. The highest BCUT2D eigenvalue weighted by Gasteiger charge is 2.24. The molecule has 0 aliphatic carbocycles. The first-order valence-corrected chi connectivity index (χ1v) is 5.67. The number of halogens is 2. The topological polar surface area (TPSA) is 70.5 Å². The predicted octanol–water partition coefficient (Wildman–Crippen LogP) is 1.69. The van der Waals surface area contributed by atoms with E-state index in [9.17, 15) is 18.4 Å². The lowest BCUT2D eigenvalue weighted by Gasteiger charge is -2.26. The van der Waals surface area contributed by atoms with Gasteiger partial charge in [-0.25, -0.2) is 9.37 Å². The minimum absolute atomic E-state index is 0.0742. The molecule has 5 nitrogen and oxygen atoms in total. The summed E-state index contributed by atoms with van der Waals surface area (Å²) < 4.78 is 26.4. The molecule has 19 heavy (non-hydrogen) atoms. The maximum atomic E-state index is 13.5. The third-order valence-corrected chi connectivity index (χ3v) is 2.53. The highest BCUT2D eigenvalue weighted by Crippen LogP contribution is 2.14. The molecule has 0 radical (unpaired) electrons. The zero-order valence-corrected chi connectivity index (χ0v) is 10.6. The van der Waals surface area contributed by atoms with Crippen LogP contribution in [0.25, 0.3) is 0 Å². The van der Waals surface area contributed by atoms with E-state index in [0.717, 1.165) is 12.3 Å². The van der Waals surface area contributed by atoms with E-state index in [0.29, 0.717) is 0 Å². The summed E-state index contributed by atoms with van der Waals surface area (Å²) in [5.41, 5.74) is -0.452. The Bertz CT molecular complexity index is 492. The van der Waals surface area contributed by atoms with E-state index in [1.165, 1.54) is 4.90 Å². The maximum Gasteiger partial charge on any atom is 0.305 e. The number of hydrogen-bond acceptors (Lipinski definition) is 3. The molecule has 1 aromatic rings. The number of nitrogens with zero attached hydrogens (tertiary/aromatic N) is 2. The van der Waals surface area contributed by atoms with Gasteiger partial charge in [-0.1, -0.05) is 0 Å². The first-order valence-electron chi connectivity index (χ1n) is 5.67. The molecule has 0 saturated carbocycles. The van der Waals surface area contributed by atoms with Crippen LogP contribution < -0.4 is 0 Å². The molecule has 0 unspecified atom stereocenters. The molecule has 104 valence electrons. The van der Waals surface area contributed by atoms with Gasteiger partial charge in [-0.2, -0.15) is 4.39 Å². The standard InChI is InChI=1S/C12H14F2N2O3/c1-7(2)16(6-4-9(17)18)12(19)8-3-5-15-11(14)10(8)13/h3,5,7H,4,6H2,1-2H3,(H,17,18). The van der Waals surface area contributed by atoms with Gasteiger partial charge in [-0.3, -0.25) is 9.59 Å². The Morgan fingerprint density at radius 2 is 2.05 bits per heavy atom. The lowest BCUT2D eigenvalue weighted by Crippen LogP contribution is -2.39. The van der Waals surface area contributed by atoms with Gasteiger partial charge in [0.1, 0.15) is 0 Å². The highest BCUT2D eigenvalue weighted by molar-refractivity contribution is 5.94. The summed E-state index contributed by atoms with van der Waals surface area (Å²) >= 11 is 0. The van der Waals surface area contributed by atoms with Crippen molar-refractivity contribution in [3.05, 3.63) is 29.6 Å². The first-order chi connectivity index (χ1) is 8.84. The van der Waals surface area contributed by atoms with E-state index in [1.807, 2.05) is 0 Å². The van der Waals surface area contributed by atoms with Crippen LogP contribution in [0.5, 0.6) is 0 Å². The second kappa shape index (κ2) is 6.21. The molecule has 7 heteroatoms. The van der Waals surface area contributed by atoms with E-state index < -0.39 is 29.2 Å². The third kappa shape index (κ3) is 3.70. The van der Waals surface area contributed by atoms with Gasteiger partial charge in [0, 0.05) is 18.8 Å². The number of aromatic nitrogens is 1. The number of rotatable bonds is 5. The fraction of sp³-hybridized carbons (Fsp3) is 0.417.